The molecule has 0 saturated carbocycles. The fraction of sp³-hybridized carbons (Fsp3) is 0.167. The molecule has 0 aromatic carbocycles. The van der Waals surface area contributed by atoms with E-state index in [9.17, 15) is 23.3 Å². The van der Waals surface area contributed by atoms with Crippen LogP contribution < -0.4 is 0 Å². The van der Waals surface area contributed by atoms with Crippen molar-refractivity contribution in [3.05, 3.63) is 31.4 Å². The Morgan fingerprint density at radius 2 is 2.14 bits per heavy atom. The predicted molar refractivity (Wildman–Crippen MR) is 48.5 cm³/mol. The summed E-state index contributed by atoms with van der Waals surface area (Å²) in [5, 5.41) is 10.3. The first kappa shape index (κ1) is 11.1. The Morgan fingerprint density at radius 3 is 2.50 bits per heavy atom. The maximum Gasteiger partial charge on any atom is 0.337 e. The molecule has 0 unspecified atom stereocenters. The monoisotopic (exact) mass is 318 g/mol. The Kier molecular flexibility index (Phi) is 3.24. The minimum Gasteiger partial charge on any atom is -0.258 e. The normalized spacial score (nSPS) is 10.6. The summed E-state index contributed by atoms with van der Waals surface area (Å²) in [7, 11) is 0. The van der Waals surface area contributed by atoms with Gasteiger partial charge in [0.2, 0.25) is 0 Å². The summed E-state index contributed by atoms with van der Waals surface area (Å²) in [6, 6.07) is 0.784. The van der Waals surface area contributed by atoms with Crippen LogP contribution in [0, 0.1) is 19.6 Å². The molecule has 0 N–H and O–H groups in total. The van der Waals surface area contributed by atoms with Crippen molar-refractivity contribution in [3.8, 4) is 0 Å². The highest BCUT2D eigenvalue weighted by atomic mass is 127. The third-order valence-electron chi connectivity index (χ3n) is 1.33. The molecule has 0 aliphatic heterocycles. The van der Waals surface area contributed by atoms with E-state index in [1.165, 1.54) is 22.6 Å². The number of hydrogen-bond donors (Lipinski definition) is 0. The summed E-state index contributed by atoms with van der Waals surface area (Å²) in [6.45, 7) is 0. The standard InChI is InChI=1S/C6H2F3IN2O2/c7-5(8)3-1-2(10)4(12(13)14)6(9)11-3/h1,5H. The molecule has 0 spiro atoms. The molecular weight excluding hydrogens is 316 g/mol. The van der Waals surface area contributed by atoms with E-state index in [1.807, 2.05) is 0 Å². The molecule has 0 radical (unpaired) electrons. The number of hydrogen-bond acceptors (Lipinski definition) is 3. The van der Waals surface area contributed by atoms with Crippen molar-refractivity contribution >= 4 is 28.3 Å². The van der Waals surface area contributed by atoms with Crippen molar-refractivity contribution in [1.29, 1.82) is 0 Å². The third-order valence-corrected chi connectivity index (χ3v) is 2.15. The average molecular weight is 318 g/mol. The van der Waals surface area contributed by atoms with Crippen LogP contribution >= 0.6 is 22.6 Å². The van der Waals surface area contributed by atoms with Gasteiger partial charge in [0.15, 0.2) is 0 Å². The molecule has 1 rings (SSSR count). The molecule has 14 heavy (non-hydrogen) atoms. The molecule has 76 valence electrons. The third kappa shape index (κ3) is 2.11. The quantitative estimate of drug-likeness (QED) is 0.365. The highest BCUT2D eigenvalue weighted by molar-refractivity contribution is 14.1. The van der Waals surface area contributed by atoms with Crippen LogP contribution in [0.1, 0.15) is 12.1 Å². The van der Waals surface area contributed by atoms with Gasteiger partial charge in [-0.3, -0.25) is 10.1 Å². The largest absolute Gasteiger partial charge is 0.337 e. The van der Waals surface area contributed by atoms with Crippen LogP contribution in [0.4, 0.5) is 18.9 Å². The van der Waals surface area contributed by atoms with E-state index in [4.69, 9.17) is 0 Å². The second-order valence-electron chi connectivity index (χ2n) is 2.23. The number of rotatable bonds is 2. The van der Waals surface area contributed by atoms with Crippen molar-refractivity contribution in [2.24, 2.45) is 0 Å². The average Bonchev–Trinajstić information content (AvgIpc) is 2.01. The van der Waals surface area contributed by atoms with Gasteiger partial charge in [-0.1, -0.05) is 0 Å². The molecule has 0 aliphatic rings. The molecule has 0 aliphatic carbocycles. The lowest BCUT2D eigenvalue weighted by molar-refractivity contribution is -0.389. The molecular formula is C6H2F3IN2O2. The molecule has 1 aromatic heterocycles. The summed E-state index contributed by atoms with van der Waals surface area (Å²) in [4.78, 5) is 12.0. The SMILES string of the molecule is O=[N+]([O-])c1c(I)cc(C(F)F)nc1F. The van der Waals surface area contributed by atoms with E-state index in [2.05, 4.69) is 4.98 Å². The van der Waals surface area contributed by atoms with Crippen molar-refractivity contribution in [2.45, 2.75) is 6.43 Å². The van der Waals surface area contributed by atoms with Gasteiger partial charge in [-0.25, -0.2) is 13.8 Å². The minimum absolute atomic E-state index is 0.199. The van der Waals surface area contributed by atoms with Gasteiger partial charge in [0, 0.05) is 0 Å². The van der Waals surface area contributed by atoms with E-state index in [0.29, 0.717) is 0 Å². The summed E-state index contributed by atoms with van der Waals surface area (Å²) in [6.07, 6.45) is -2.95. The summed E-state index contributed by atoms with van der Waals surface area (Å²) in [5.74, 6) is -1.49. The zero-order chi connectivity index (χ0) is 10.9. The van der Waals surface area contributed by atoms with Gasteiger partial charge in [0.1, 0.15) is 5.69 Å². The van der Waals surface area contributed by atoms with Gasteiger partial charge >= 0.3 is 5.69 Å². The maximum atomic E-state index is 12.8. The predicted octanol–water partition coefficient (Wildman–Crippen LogP) is 2.67. The number of nitrogens with zero attached hydrogens (tertiary/aromatic N) is 2. The van der Waals surface area contributed by atoms with Gasteiger partial charge in [-0.05, 0) is 28.7 Å². The number of pyridine rings is 1. The van der Waals surface area contributed by atoms with Gasteiger partial charge < -0.3 is 0 Å². The van der Waals surface area contributed by atoms with Crippen molar-refractivity contribution in [3.63, 3.8) is 0 Å². The number of alkyl halides is 2. The zero-order valence-corrected chi connectivity index (χ0v) is 8.53. The summed E-state index contributed by atoms with van der Waals surface area (Å²) < 4.78 is 36.7. The van der Waals surface area contributed by atoms with Gasteiger partial charge in [0.25, 0.3) is 12.4 Å². The van der Waals surface area contributed by atoms with Crippen LogP contribution in [0.5, 0.6) is 0 Å². The lowest BCUT2D eigenvalue weighted by Crippen LogP contribution is -2.02. The van der Waals surface area contributed by atoms with Gasteiger partial charge in [-0.15, -0.1) is 0 Å². The number of aromatic nitrogens is 1. The molecule has 4 nitrogen and oxygen atoms in total. The second kappa shape index (κ2) is 4.07. The van der Waals surface area contributed by atoms with Crippen molar-refractivity contribution in [2.75, 3.05) is 0 Å². The van der Waals surface area contributed by atoms with Crippen LogP contribution in [-0.2, 0) is 0 Å². The highest BCUT2D eigenvalue weighted by Crippen LogP contribution is 2.27. The van der Waals surface area contributed by atoms with Crippen LogP contribution in [-0.4, -0.2) is 9.91 Å². The topological polar surface area (TPSA) is 56.0 Å². The van der Waals surface area contributed by atoms with E-state index in [0.717, 1.165) is 6.07 Å². The fourth-order valence-electron chi connectivity index (χ4n) is 0.770. The lowest BCUT2D eigenvalue weighted by Gasteiger charge is -2.01. The summed E-state index contributed by atoms with van der Waals surface area (Å²) in [5.41, 5.74) is -1.69. The van der Waals surface area contributed by atoms with Crippen LogP contribution in [0.2, 0.25) is 0 Å². The Balaban J connectivity index is 3.32. The van der Waals surface area contributed by atoms with Gasteiger partial charge in [-0.2, -0.15) is 4.39 Å². The zero-order valence-electron chi connectivity index (χ0n) is 6.38. The molecule has 8 heteroatoms. The van der Waals surface area contributed by atoms with Crippen molar-refractivity contribution < 1.29 is 18.1 Å². The minimum atomic E-state index is -2.95. The maximum absolute atomic E-state index is 12.8. The van der Waals surface area contributed by atoms with Crippen molar-refractivity contribution in [1.82, 2.24) is 4.98 Å². The molecule has 0 amide bonds. The Bertz CT molecular complexity index is 362. The fourth-order valence-corrected chi connectivity index (χ4v) is 1.51. The van der Waals surface area contributed by atoms with E-state index < -0.39 is 28.7 Å². The Morgan fingerprint density at radius 1 is 1.57 bits per heavy atom. The van der Waals surface area contributed by atoms with E-state index >= 15 is 0 Å². The first-order valence-corrected chi connectivity index (χ1v) is 4.30. The molecule has 0 bridgehead atoms. The van der Waals surface area contributed by atoms with Crippen LogP contribution in [0.3, 0.4) is 0 Å². The lowest BCUT2D eigenvalue weighted by atomic mass is 10.3. The van der Waals surface area contributed by atoms with Crippen LogP contribution in [0.25, 0.3) is 0 Å². The van der Waals surface area contributed by atoms with E-state index in [1.54, 1.807) is 0 Å². The first-order valence-electron chi connectivity index (χ1n) is 3.22. The molecule has 1 aromatic rings. The Hall–Kier alpha value is -0.930. The summed E-state index contributed by atoms with van der Waals surface area (Å²) >= 11 is 1.41. The molecule has 0 fully saturated rings. The Labute approximate surface area is 89.4 Å². The smallest absolute Gasteiger partial charge is 0.258 e. The van der Waals surface area contributed by atoms with Crippen LogP contribution in [0.15, 0.2) is 6.07 Å². The molecule has 1 heterocycles. The highest BCUT2D eigenvalue weighted by Gasteiger charge is 2.24. The second-order valence-corrected chi connectivity index (χ2v) is 3.39. The number of nitro groups is 1. The first-order chi connectivity index (χ1) is 6.43. The number of halogens is 4. The molecule has 0 saturated heterocycles. The van der Waals surface area contributed by atoms with Gasteiger partial charge in [0.05, 0.1) is 8.49 Å². The molecule has 0 atom stereocenters. The van der Waals surface area contributed by atoms with E-state index in [-0.39, 0.29) is 3.57 Å².